The fourth-order valence-corrected chi connectivity index (χ4v) is 2.16. The topological polar surface area (TPSA) is 53.1 Å². The normalized spacial score (nSPS) is 25.6. The fraction of sp³-hybridized carbons (Fsp3) is 0.750. The van der Waals surface area contributed by atoms with Crippen LogP contribution in [-0.4, -0.2) is 22.4 Å². The van der Waals surface area contributed by atoms with E-state index >= 15 is 0 Å². The van der Waals surface area contributed by atoms with Crippen molar-refractivity contribution in [2.75, 3.05) is 6.61 Å². The van der Waals surface area contributed by atoms with Crippen LogP contribution in [0.25, 0.3) is 0 Å². The second-order valence-corrected chi connectivity index (χ2v) is 4.62. The molecule has 0 unspecified atom stereocenters. The van der Waals surface area contributed by atoms with Gasteiger partial charge in [0.25, 0.3) is 0 Å². The molecule has 1 aliphatic rings. The van der Waals surface area contributed by atoms with Crippen molar-refractivity contribution >= 4 is 0 Å². The lowest BCUT2D eigenvalue weighted by atomic mass is 9.87. The number of rotatable bonds is 4. The summed E-state index contributed by atoms with van der Waals surface area (Å²) < 4.78 is 7.62. The Bertz CT molecular complexity index is 316. The molecule has 90 valence electrons. The van der Waals surface area contributed by atoms with Crippen molar-refractivity contribution in [2.45, 2.75) is 45.2 Å². The van der Waals surface area contributed by atoms with Crippen LogP contribution in [0.1, 0.15) is 32.6 Å². The molecule has 0 amide bonds. The molecule has 0 saturated heterocycles. The molecular weight excluding hydrogens is 202 g/mol. The standard InChI is InChI=1S/C12H21N3O/c1-2-15-8-12(7-14-15)16-9-10-3-5-11(13)6-4-10/h7-8,10-11H,2-6,9,13H2,1H3. The van der Waals surface area contributed by atoms with E-state index in [1.807, 2.05) is 10.9 Å². The zero-order valence-electron chi connectivity index (χ0n) is 9.93. The van der Waals surface area contributed by atoms with Crippen molar-refractivity contribution in [3.63, 3.8) is 0 Å². The summed E-state index contributed by atoms with van der Waals surface area (Å²) in [6, 6.07) is 0.416. The van der Waals surface area contributed by atoms with Gasteiger partial charge in [0.1, 0.15) is 0 Å². The molecular formula is C12H21N3O. The predicted octanol–water partition coefficient (Wildman–Crippen LogP) is 1.80. The van der Waals surface area contributed by atoms with Gasteiger partial charge in [-0.1, -0.05) is 0 Å². The third-order valence-corrected chi connectivity index (χ3v) is 3.31. The van der Waals surface area contributed by atoms with Crippen LogP contribution in [0.4, 0.5) is 0 Å². The van der Waals surface area contributed by atoms with Crippen LogP contribution < -0.4 is 10.5 Å². The summed E-state index contributed by atoms with van der Waals surface area (Å²) in [5.41, 5.74) is 5.87. The molecule has 1 fully saturated rings. The Balaban J connectivity index is 1.74. The minimum atomic E-state index is 0.416. The summed E-state index contributed by atoms with van der Waals surface area (Å²) >= 11 is 0. The Morgan fingerprint density at radius 3 is 2.81 bits per heavy atom. The van der Waals surface area contributed by atoms with E-state index < -0.39 is 0 Å². The average molecular weight is 223 g/mol. The lowest BCUT2D eigenvalue weighted by Gasteiger charge is -2.25. The third kappa shape index (κ3) is 2.98. The molecule has 1 aliphatic carbocycles. The van der Waals surface area contributed by atoms with Gasteiger partial charge in [0.05, 0.1) is 19.0 Å². The number of hydrogen-bond donors (Lipinski definition) is 1. The van der Waals surface area contributed by atoms with Crippen molar-refractivity contribution in [2.24, 2.45) is 11.7 Å². The maximum atomic E-state index is 5.87. The molecule has 16 heavy (non-hydrogen) atoms. The lowest BCUT2D eigenvalue weighted by Crippen LogP contribution is -2.28. The molecule has 1 saturated carbocycles. The van der Waals surface area contributed by atoms with Gasteiger partial charge in [0.2, 0.25) is 0 Å². The van der Waals surface area contributed by atoms with Gasteiger partial charge in [0, 0.05) is 12.6 Å². The van der Waals surface area contributed by atoms with Crippen molar-refractivity contribution in [3.8, 4) is 5.75 Å². The molecule has 2 N–H and O–H groups in total. The van der Waals surface area contributed by atoms with E-state index in [2.05, 4.69) is 12.0 Å². The van der Waals surface area contributed by atoms with E-state index in [-0.39, 0.29) is 0 Å². The second-order valence-electron chi connectivity index (χ2n) is 4.62. The number of hydrogen-bond acceptors (Lipinski definition) is 3. The zero-order chi connectivity index (χ0) is 11.4. The molecule has 1 aromatic rings. The molecule has 0 aromatic carbocycles. The number of nitrogens with two attached hydrogens (primary N) is 1. The van der Waals surface area contributed by atoms with E-state index in [4.69, 9.17) is 10.5 Å². The van der Waals surface area contributed by atoms with E-state index in [9.17, 15) is 0 Å². The minimum absolute atomic E-state index is 0.416. The molecule has 0 atom stereocenters. The smallest absolute Gasteiger partial charge is 0.157 e. The number of nitrogens with zero attached hydrogens (tertiary/aromatic N) is 2. The first-order valence-corrected chi connectivity index (χ1v) is 6.18. The summed E-state index contributed by atoms with van der Waals surface area (Å²) in [4.78, 5) is 0. The first kappa shape index (κ1) is 11.5. The maximum Gasteiger partial charge on any atom is 0.157 e. The first-order valence-electron chi connectivity index (χ1n) is 6.18. The summed E-state index contributed by atoms with van der Waals surface area (Å²) in [6.07, 6.45) is 8.42. The van der Waals surface area contributed by atoms with Gasteiger partial charge < -0.3 is 10.5 Å². The van der Waals surface area contributed by atoms with Gasteiger partial charge in [-0.3, -0.25) is 4.68 Å². The number of ether oxygens (including phenoxy) is 1. The van der Waals surface area contributed by atoms with Crippen LogP contribution in [0.5, 0.6) is 5.75 Å². The zero-order valence-corrected chi connectivity index (χ0v) is 9.93. The summed E-state index contributed by atoms with van der Waals surface area (Å²) in [5, 5.41) is 4.18. The van der Waals surface area contributed by atoms with Gasteiger partial charge in [0.15, 0.2) is 5.75 Å². The van der Waals surface area contributed by atoms with Crippen LogP contribution in [0.15, 0.2) is 12.4 Å². The quantitative estimate of drug-likeness (QED) is 0.846. The van der Waals surface area contributed by atoms with E-state index in [1.54, 1.807) is 6.20 Å². The van der Waals surface area contributed by atoms with Crippen LogP contribution >= 0.6 is 0 Å². The molecule has 0 aliphatic heterocycles. The summed E-state index contributed by atoms with van der Waals surface area (Å²) in [5.74, 6) is 1.56. The SMILES string of the molecule is CCn1cc(OCC2CCC(N)CC2)cn1. The highest BCUT2D eigenvalue weighted by Gasteiger charge is 2.19. The second kappa shape index (κ2) is 5.34. The predicted molar refractivity (Wildman–Crippen MR) is 63.3 cm³/mol. The van der Waals surface area contributed by atoms with Crippen LogP contribution in [0, 0.1) is 5.92 Å². The summed E-state index contributed by atoms with van der Waals surface area (Å²) in [6.45, 7) is 3.77. The Morgan fingerprint density at radius 1 is 1.44 bits per heavy atom. The van der Waals surface area contributed by atoms with Gasteiger partial charge in [-0.2, -0.15) is 5.10 Å². The van der Waals surface area contributed by atoms with Crippen LogP contribution in [0.2, 0.25) is 0 Å². The van der Waals surface area contributed by atoms with Gasteiger partial charge >= 0.3 is 0 Å². The maximum absolute atomic E-state index is 5.87. The van der Waals surface area contributed by atoms with Crippen LogP contribution in [0.3, 0.4) is 0 Å². The van der Waals surface area contributed by atoms with Crippen molar-refractivity contribution in [1.82, 2.24) is 9.78 Å². The molecule has 1 heterocycles. The molecule has 1 aromatic heterocycles. The highest BCUT2D eigenvalue weighted by atomic mass is 16.5. The van der Waals surface area contributed by atoms with E-state index in [1.165, 1.54) is 12.8 Å². The Labute approximate surface area is 96.8 Å². The largest absolute Gasteiger partial charge is 0.490 e. The van der Waals surface area contributed by atoms with Crippen molar-refractivity contribution < 1.29 is 4.74 Å². The van der Waals surface area contributed by atoms with E-state index in [0.717, 1.165) is 31.7 Å². The number of aryl methyl sites for hydroxylation is 1. The minimum Gasteiger partial charge on any atom is -0.490 e. The Hall–Kier alpha value is -1.03. The average Bonchev–Trinajstić information content (AvgIpc) is 2.76. The molecule has 2 rings (SSSR count). The third-order valence-electron chi connectivity index (χ3n) is 3.31. The monoisotopic (exact) mass is 223 g/mol. The summed E-state index contributed by atoms with van der Waals surface area (Å²) in [7, 11) is 0. The Kier molecular flexibility index (Phi) is 3.83. The van der Waals surface area contributed by atoms with Crippen molar-refractivity contribution in [3.05, 3.63) is 12.4 Å². The molecule has 0 bridgehead atoms. The molecule has 4 heteroatoms. The molecule has 4 nitrogen and oxygen atoms in total. The van der Waals surface area contributed by atoms with Gasteiger partial charge in [-0.15, -0.1) is 0 Å². The highest BCUT2D eigenvalue weighted by molar-refractivity contribution is 5.11. The Morgan fingerprint density at radius 2 is 2.19 bits per heavy atom. The van der Waals surface area contributed by atoms with E-state index in [0.29, 0.717) is 12.0 Å². The van der Waals surface area contributed by atoms with Crippen LogP contribution in [-0.2, 0) is 6.54 Å². The lowest BCUT2D eigenvalue weighted by molar-refractivity contribution is 0.200. The first-order chi connectivity index (χ1) is 7.78. The van der Waals surface area contributed by atoms with Gasteiger partial charge in [-0.25, -0.2) is 0 Å². The highest BCUT2D eigenvalue weighted by Crippen LogP contribution is 2.24. The fourth-order valence-electron chi connectivity index (χ4n) is 2.16. The van der Waals surface area contributed by atoms with Crippen molar-refractivity contribution in [1.29, 1.82) is 0 Å². The van der Waals surface area contributed by atoms with Gasteiger partial charge in [-0.05, 0) is 38.5 Å². The molecule has 0 spiro atoms. The number of aromatic nitrogens is 2. The molecule has 0 radical (unpaired) electrons.